The fourth-order valence-corrected chi connectivity index (χ4v) is 4.02. The van der Waals surface area contributed by atoms with Crippen molar-refractivity contribution in [3.63, 3.8) is 0 Å². The largest absolute Gasteiger partial charge is 0.357 e. The second-order valence-corrected chi connectivity index (χ2v) is 7.95. The predicted molar refractivity (Wildman–Crippen MR) is 133 cm³/mol. The highest BCUT2D eigenvalue weighted by atomic mass is 127. The van der Waals surface area contributed by atoms with Crippen molar-refractivity contribution in [2.24, 2.45) is 4.99 Å². The summed E-state index contributed by atoms with van der Waals surface area (Å²) in [6.07, 6.45) is 11.2. The van der Waals surface area contributed by atoms with Crippen LogP contribution in [0.1, 0.15) is 57.4 Å². The second kappa shape index (κ2) is 14.0. The van der Waals surface area contributed by atoms with Crippen LogP contribution in [0.4, 0.5) is 5.82 Å². The van der Waals surface area contributed by atoms with Crippen LogP contribution in [0, 0.1) is 0 Å². The molecule has 0 spiro atoms. The Morgan fingerprint density at radius 1 is 1.00 bits per heavy atom. The maximum atomic E-state index is 4.74. The van der Waals surface area contributed by atoms with Crippen LogP contribution in [0.3, 0.4) is 0 Å². The number of hydrogen-bond acceptors (Lipinski definition) is 4. The Morgan fingerprint density at radius 2 is 1.72 bits per heavy atom. The van der Waals surface area contributed by atoms with Crippen molar-refractivity contribution in [1.29, 1.82) is 0 Å². The molecule has 0 aliphatic carbocycles. The van der Waals surface area contributed by atoms with Gasteiger partial charge in [0.2, 0.25) is 0 Å². The number of nitrogens with one attached hydrogen (secondary N) is 2. The molecule has 2 aliphatic heterocycles. The van der Waals surface area contributed by atoms with E-state index in [9.17, 15) is 0 Å². The van der Waals surface area contributed by atoms with Gasteiger partial charge in [-0.15, -0.1) is 24.0 Å². The maximum Gasteiger partial charge on any atom is 0.191 e. The molecule has 2 N–H and O–H groups in total. The summed E-state index contributed by atoms with van der Waals surface area (Å²) in [5, 5.41) is 6.84. The molecule has 0 radical (unpaired) electrons. The number of likely N-dealkylation sites (tertiary alicyclic amines) is 1. The molecule has 6 nitrogen and oxygen atoms in total. The van der Waals surface area contributed by atoms with E-state index in [0.717, 1.165) is 49.9 Å². The van der Waals surface area contributed by atoms with Crippen LogP contribution in [-0.2, 0) is 6.54 Å². The fourth-order valence-electron chi connectivity index (χ4n) is 4.02. The van der Waals surface area contributed by atoms with Gasteiger partial charge in [-0.1, -0.05) is 18.9 Å². The van der Waals surface area contributed by atoms with Crippen LogP contribution in [0.15, 0.2) is 23.3 Å². The highest BCUT2D eigenvalue weighted by Gasteiger charge is 2.13. The van der Waals surface area contributed by atoms with Crippen molar-refractivity contribution < 1.29 is 0 Å². The summed E-state index contributed by atoms with van der Waals surface area (Å²) >= 11 is 0. The number of nitrogens with zero attached hydrogens (tertiary/aromatic N) is 4. The standard InChI is InChI=1S/C22H38N6.HI/c1-2-23-22(24-12-9-15-27-13-5-3-4-6-14-27)26-19-20-10-11-21(25-18-20)28-16-7-8-17-28;/h10-11,18H,2-9,12-17,19H2,1H3,(H2,23,24,26);1H. The topological polar surface area (TPSA) is 55.8 Å². The van der Waals surface area contributed by atoms with Gasteiger partial charge in [0.25, 0.3) is 0 Å². The Hall–Kier alpha value is -1.09. The van der Waals surface area contributed by atoms with Gasteiger partial charge in [0.05, 0.1) is 6.54 Å². The number of hydrogen-bond donors (Lipinski definition) is 2. The molecule has 0 amide bonds. The zero-order chi connectivity index (χ0) is 19.4. The van der Waals surface area contributed by atoms with Gasteiger partial charge in [-0.25, -0.2) is 9.98 Å². The number of halogens is 1. The number of anilines is 1. The second-order valence-electron chi connectivity index (χ2n) is 7.95. The van der Waals surface area contributed by atoms with Gasteiger partial charge in [-0.05, 0) is 70.3 Å². The summed E-state index contributed by atoms with van der Waals surface area (Å²) in [4.78, 5) is 14.3. The van der Waals surface area contributed by atoms with E-state index in [1.807, 2.05) is 6.20 Å². The molecule has 7 heteroatoms. The van der Waals surface area contributed by atoms with E-state index in [1.165, 1.54) is 58.2 Å². The molecule has 2 fully saturated rings. The van der Waals surface area contributed by atoms with Crippen LogP contribution in [0.5, 0.6) is 0 Å². The maximum absolute atomic E-state index is 4.74. The predicted octanol–water partition coefficient (Wildman–Crippen LogP) is 3.62. The van der Waals surface area contributed by atoms with Crippen LogP contribution in [0.25, 0.3) is 0 Å². The lowest BCUT2D eigenvalue weighted by molar-refractivity contribution is 0.282. The average Bonchev–Trinajstić information content (AvgIpc) is 3.14. The van der Waals surface area contributed by atoms with Gasteiger partial charge in [-0.2, -0.15) is 0 Å². The minimum Gasteiger partial charge on any atom is -0.357 e. The van der Waals surface area contributed by atoms with E-state index in [1.54, 1.807) is 0 Å². The first-order valence-electron chi connectivity index (χ1n) is 11.3. The lowest BCUT2D eigenvalue weighted by atomic mass is 10.2. The lowest BCUT2D eigenvalue weighted by Gasteiger charge is -2.20. The van der Waals surface area contributed by atoms with Crippen molar-refractivity contribution in [3.8, 4) is 0 Å². The first kappa shape index (κ1) is 24.2. The lowest BCUT2D eigenvalue weighted by Crippen LogP contribution is -2.39. The normalized spacial score (nSPS) is 18.2. The average molecular weight is 515 g/mol. The number of pyridine rings is 1. The first-order valence-corrected chi connectivity index (χ1v) is 11.3. The molecule has 0 saturated carbocycles. The van der Waals surface area contributed by atoms with E-state index in [2.05, 4.69) is 44.5 Å². The molecule has 0 bridgehead atoms. The molecular weight excluding hydrogens is 475 g/mol. The molecule has 3 rings (SSSR count). The first-order chi connectivity index (χ1) is 13.8. The Bertz CT molecular complexity index is 577. The molecule has 1 aromatic rings. The monoisotopic (exact) mass is 514 g/mol. The number of rotatable bonds is 8. The van der Waals surface area contributed by atoms with Gasteiger partial charge in [0, 0.05) is 32.4 Å². The number of guanidine groups is 1. The Labute approximate surface area is 194 Å². The minimum absolute atomic E-state index is 0. The summed E-state index contributed by atoms with van der Waals surface area (Å²) in [5.74, 6) is 2.01. The van der Waals surface area contributed by atoms with Gasteiger partial charge in [-0.3, -0.25) is 0 Å². The molecule has 1 aromatic heterocycles. The molecule has 3 heterocycles. The number of aromatic nitrogens is 1. The van der Waals surface area contributed by atoms with Crippen molar-refractivity contribution in [2.75, 3.05) is 50.7 Å². The minimum atomic E-state index is 0. The quantitative estimate of drug-likeness (QED) is 0.240. The molecule has 164 valence electrons. The van der Waals surface area contributed by atoms with E-state index in [4.69, 9.17) is 4.99 Å². The van der Waals surface area contributed by atoms with Crippen LogP contribution < -0.4 is 15.5 Å². The fraction of sp³-hybridized carbons (Fsp3) is 0.727. The summed E-state index contributed by atoms with van der Waals surface area (Å²) < 4.78 is 0. The van der Waals surface area contributed by atoms with Crippen molar-refractivity contribution >= 4 is 35.8 Å². The smallest absolute Gasteiger partial charge is 0.191 e. The van der Waals surface area contributed by atoms with E-state index >= 15 is 0 Å². The zero-order valence-electron chi connectivity index (χ0n) is 18.0. The Morgan fingerprint density at radius 3 is 2.38 bits per heavy atom. The Kier molecular flexibility index (Phi) is 11.7. The molecule has 0 unspecified atom stereocenters. The summed E-state index contributed by atoms with van der Waals surface area (Å²) in [7, 11) is 0. The van der Waals surface area contributed by atoms with E-state index in [-0.39, 0.29) is 24.0 Å². The third-order valence-corrected chi connectivity index (χ3v) is 5.65. The molecule has 2 aliphatic rings. The highest BCUT2D eigenvalue weighted by Crippen LogP contribution is 2.17. The highest BCUT2D eigenvalue weighted by molar-refractivity contribution is 14.0. The van der Waals surface area contributed by atoms with E-state index < -0.39 is 0 Å². The van der Waals surface area contributed by atoms with Gasteiger partial charge in [0.1, 0.15) is 5.82 Å². The van der Waals surface area contributed by atoms with Crippen molar-refractivity contribution in [2.45, 2.75) is 58.4 Å². The van der Waals surface area contributed by atoms with Crippen molar-refractivity contribution in [3.05, 3.63) is 23.9 Å². The summed E-state index contributed by atoms with van der Waals surface area (Å²) in [6.45, 7) is 10.6. The van der Waals surface area contributed by atoms with Gasteiger partial charge >= 0.3 is 0 Å². The SMILES string of the molecule is CCNC(=NCc1ccc(N2CCCC2)nc1)NCCCN1CCCCCC1.I. The third kappa shape index (κ3) is 8.66. The van der Waals surface area contributed by atoms with E-state index in [0.29, 0.717) is 6.54 Å². The van der Waals surface area contributed by atoms with Crippen LogP contribution in [-0.4, -0.2) is 61.7 Å². The van der Waals surface area contributed by atoms with Crippen molar-refractivity contribution in [1.82, 2.24) is 20.5 Å². The molecule has 29 heavy (non-hydrogen) atoms. The molecule has 0 atom stereocenters. The van der Waals surface area contributed by atoms with Gasteiger partial charge < -0.3 is 20.4 Å². The summed E-state index contributed by atoms with van der Waals surface area (Å²) in [6, 6.07) is 4.30. The number of aliphatic imine (C=N–C) groups is 1. The molecule has 2 saturated heterocycles. The van der Waals surface area contributed by atoms with Gasteiger partial charge in [0.15, 0.2) is 5.96 Å². The summed E-state index contributed by atoms with van der Waals surface area (Å²) in [5.41, 5.74) is 1.16. The molecule has 0 aromatic carbocycles. The third-order valence-electron chi connectivity index (χ3n) is 5.65. The van der Waals surface area contributed by atoms with Crippen LogP contribution in [0.2, 0.25) is 0 Å². The zero-order valence-corrected chi connectivity index (χ0v) is 20.4. The molecular formula is C22H39IN6. The van der Waals surface area contributed by atoms with Crippen LogP contribution >= 0.6 is 24.0 Å². The Balaban J connectivity index is 0.00000300.